The first kappa shape index (κ1) is 18.8. The molecule has 0 bridgehead atoms. The minimum absolute atomic E-state index is 0.114. The second-order valence-electron chi connectivity index (χ2n) is 7.15. The first-order chi connectivity index (χ1) is 11.0. The fourth-order valence-electron chi connectivity index (χ4n) is 3.36. The van der Waals surface area contributed by atoms with Crippen LogP contribution >= 0.6 is 0 Å². The van der Waals surface area contributed by atoms with Crippen molar-refractivity contribution in [2.45, 2.75) is 57.9 Å². The third-order valence-electron chi connectivity index (χ3n) is 4.57. The number of alkyl halides is 3. The van der Waals surface area contributed by atoms with E-state index in [2.05, 4.69) is 0 Å². The maximum atomic E-state index is 12.8. The number of aliphatic hydroxyl groups is 1. The van der Waals surface area contributed by atoms with E-state index < -0.39 is 23.3 Å². The number of likely N-dealkylation sites (tertiary alicyclic amines) is 1. The Morgan fingerprint density at radius 3 is 2.62 bits per heavy atom. The highest BCUT2D eigenvalue weighted by Gasteiger charge is 2.39. The van der Waals surface area contributed by atoms with Gasteiger partial charge in [-0.1, -0.05) is 25.1 Å². The molecule has 2 atom stereocenters. The summed E-state index contributed by atoms with van der Waals surface area (Å²) in [6.45, 7) is 5.67. The van der Waals surface area contributed by atoms with Crippen molar-refractivity contribution < 1.29 is 23.1 Å². The van der Waals surface area contributed by atoms with Crippen LogP contribution in [0.15, 0.2) is 24.3 Å². The monoisotopic (exact) mass is 343 g/mol. The molecule has 3 nitrogen and oxygen atoms in total. The van der Waals surface area contributed by atoms with Gasteiger partial charge in [-0.05, 0) is 44.7 Å². The van der Waals surface area contributed by atoms with Gasteiger partial charge in [-0.25, -0.2) is 0 Å². The predicted octanol–water partition coefficient (Wildman–Crippen LogP) is 3.65. The second-order valence-corrected chi connectivity index (χ2v) is 7.15. The highest BCUT2D eigenvalue weighted by atomic mass is 19.4. The van der Waals surface area contributed by atoms with Crippen molar-refractivity contribution in [2.75, 3.05) is 6.54 Å². The number of hydrogen-bond donors (Lipinski definition) is 1. The maximum Gasteiger partial charge on any atom is 0.416 e. The van der Waals surface area contributed by atoms with Crippen molar-refractivity contribution in [3.05, 3.63) is 35.4 Å². The molecule has 1 saturated heterocycles. The number of carbonyl (C=O) groups excluding carboxylic acids is 1. The molecule has 0 spiro atoms. The van der Waals surface area contributed by atoms with Gasteiger partial charge in [0, 0.05) is 12.5 Å². The third kappa shape index (κ3) is 4.29. The highest BCUT2D eigenvalue weighted by Crippen LogP contribution is 2.31. The summed E-state index contributed by atoms with van der Waals surface area (Å²) in [5, 5.41) is 10.2. The number of carbonyl (C=O) groups is 1. The van der Waals surface area contributed by atoms with E-state index in [-0.39, 0.29) is 18.4 Å². The summed E-state index contributed by atoms with van der Waals surface area (Å²) < 4.78 is 38.4. The van der Waals surface area contributed by atoms with Crippen molar-refractivity contribution >= 4 is 5.91 Å². The van der Waals surface area contributed by atoms with Crippen molar-refractivity contribution in [3.63, 3.8) is 0 Å². The number of rotatable bonds is 4. The van der Waals surface area contributed by atoms with Gasteiger partial charge in [0.15, 0.2) is 0 Å². The van der Waals surface area contributed by atoms with Crippen LogP contribution in [0.3, 0.4) is 0 Å². The summed E-state index contributed by atoms with van der Waals surface area (Å²) in [6, 6.07) is 4.86. The van der Waals surface area contributed by atoms with E-state index in [1.807, 2.05) is 0 Å². The van der Waals surface area contributed by atoms with Gasteiger partial charge < -0.3 is 10.0 Å². The predicted molar refractivity (Wildman–Crippen MR) is 85.3 cm³/mol. The average Bonchev–Trinajstić information content (AvgIpc) is 2.95. The molecule has 24 heavy (non-hydrogen) atoms. The van der Waals surface area contributed by atoms with Gasteiger partial charge in [0.1, 0.15) is 0 Å². The molecule has 1 fully saturated rings. The van der Waals surface area contributed by atoms with Crippen molar-refractivity contribution in [1.29, 1.82) is 0 Å². The molecule has 134 valence electrons. The van der Waals surface area contributed by atoms with E-state index in [0.717, 1.165) is 25.0 Å². The summed E-state index contributed by atoms with van der Waals surface area (Å²) in [7, 11) is 0. The van der Waals surface area contributed by atoms with Crippen molar-refractivity contribution in [3.8, 4) is 0 Å². The fraction of sp³-hybridized carbons (Fsp3) is 0.611. The molecular weight excluding hydrogens is 319 g/mol. The topological polar surface area (TPSA) is 40.5 Å². The molecule has 2 rings (SSSR count). The van der Waals surface area contributed by atoms with E-state index in [1.165, 1.54) is 6.07 Å². The molecule has 0 saturated carbocycles. The SMILES string of the molecule is CC(Cc1cccc(C(F)(F)F)c1)C(=O)N1CCCC1C(C)(C)O. The molecule has 1 aliphatic rings. The van der Waals surface area contributed by atoms with E-state index in [0.29, 0.717) is 12.1 Å². The Morgan fingerprint density at radius 1 is 1.38 bits per heavy atom. The second kappa shape index (κ2) is 6.75. The third-order valence-corrected chi connectivity index (χ3v) is 4.57. The molecule has 6 heteroatoms. The molecule has 1 aromatic rings. The first-order valence-corrected chi connectivity index (χ1v) is 8.19. The van der Waals surface area contributed by atoms with Crippen LogP contribution in [0.4, 0.5) is 13.2 Å². The van der Waals surface area contributed by atoms with Crippen LogP contribution in [0, 0.1) is 5.92 Å². The van der Waals surface area contributed by atoms with E-state index in [1.54, 1.807) is 31.7 Å². The molecule has 2 unspecified atom stereocenters. The summed E-state index contributed by atoms with van der Waals surface area (Å²) in [5.74, 6) is -0.548. The maximum absolute atomic E-state index is 12.8. The molecule has 1 amide bonds. The lowest BCUT2D eigenvalue weighted by Crippen LogP contribution is -2.49. The zero-order valence-electron chi connectivity index (χ0n) is 14.2. The molecule has 1 heterocycles. The molecule has 1 aliphatic heterocycles. The van der Waals surface area contributed by atoms with Crippen LogP contribution in [0.1, 0.15) is 44.7 Å². The Bertz CT molecular complexity index is 593. The highest BCUT2D eigenvalue weighted by molar-refractivity contribution is 5.79. The zero-order chi connectivity index (χ0) is 18.1. The van der Waals surface area contributed by atoms with Gasteiger partial charge in [0.2, 0.25) is 5.91 Å². The van der Waals surface area contributed by atoms with E-state index in [4.69, 9.17) is 0 Å². The lowest BCUT2D eigenvalue weighted by molar-refractivity contribution is -0.140. The quantitative estimate of drug-likeness (QED) is 0.907. The van der Waals surface area contributed by atoms with Crippen LogP contribution < -0.4 is 0 Å². The summed E-state index contributed by atoms with van der Waals surface area (Å²) in [4.78, 5) is 14.4. The minimum Gasteiger partial charge on any atom is -0.388 e. The standard InChI is InChI=1S/C18H24F3NO2/c1-12(10-13-6-4-7-14(11-13)18(19,20)21)16(23)22-9-5-8-15(22)17(2,3)24/h4,6-7,11-12,15,24H,5,8-10H2,1-3H3. The van der Waals surface area contributed by atoms with Crippen LogP contribution in [0.5, 0.6) is 0 Å². The van der Waals surface area contributed by atoms with Crippen LogP contribution in [0.25, 0.3) is 0 Å². The Kier molecular flexibility index (Phi) is 5.28. The molecule has 1 N–H and O–H groups in total. The minimum atomic E-state index is -4.38. The number of hydrogen-bond acceptors (Lipinski definition) is 2. The Labute approximate surface area is 140 Å². The number of halogens is 3. The number of nitrogens with zero attached hydrogens (tertiary/aromatic N) is 1. The number of benzene rings is 1. The van der Waals surface area contributed by atoms with Crippen LogP contribution in [-0.4, -0.2) is 34.1 Å². The van der Waals surface area contributed by atoms with Crippen LogP contribution in [0.2, 0.25) is 0 Å². The van der Waals surface area contributed by atoms with Crippen LogP contribution in [-0.2, 0) is 17.4 Å². The lowest BCUT2D eigenvalue weighted by atomic mass is 9.94. The summed E-state index contributed by atoms with van der Waals surface area (Å²) in [6.07, 6.45) is -2.57. The fourth-order valence-corrected chi connectivity index (χ4v) is 3.36. The Balaban J connectivity index is 2.09. The van der Waals surface area contributed by atoms with E-state index in [9.17, 15) is 23.1 Å². The van der Waals surface area contributed by atoms with Gasteiger partial charge in [-0.3, -0.25) is 4.79 Å². The average molecular weight is 343 g/mol. The molecule has 0 radical (unpaired) electrons. The molecule has 0 aromatic heterocycles. The van der Waals surface area contributed by atoms with Gasteiger partial charge >= 0.3 is 6.18 Å². The van der Waals surface area contributed by atoms with Gasteiger partial charge in [-0.2, -0.15) is 13.2 Å². The normalized spacial score (nSPS) is 20.3. The number of amides is 1. The van der Waals surface area contributed by atoms with Crippen molar-refractivity contribution in [2.24, 2.45) is 5.92 Å². The molecular formula is C18H24F3NO2. The molecule has 1 aromatic carbocycles. The Hall–Kier alpha value is -1.56. The Morgan fingerprint density at radius 2 is 2.04 bits per heavy atom. The molecule has 0 aliphatic carbocycles. The van der Waals surface area contributed by atoms with E-state index >= 15 is 0 Å². The van der Waals surface area contributed by atoms with Gasteiger partial charge in [-0.15, -0.1) is 0 Å². The van der Waals surface area contributed by atoms with Gasteiger partial charge in [0.05, 0.1) is 17.2 Å². The van der Waals surface area contributed by atoms with Gasteiger partial charge in [0.25, 0.3) is 0 Å². The summed E-state index contributed by atoms with van der Waals surface area (Å²) in [5.41, 5.74) is -1.19. The first-order valence-electron chi connectivity index (χ1n) is 8.19. The van der Waals surface area contributed by atoms with Crippen molar-refractivity contribution in [1.82, 2.24) is 4.90 Å². The smallest absolute Gasteiger partial charge is 0.388 e. The lowest BCUT2D eigenvalue weighted by Gasteiger charge is -2.35. The largest absolute Gasteiger partial charge is 0.416 e. The summed E-state index contributed by atoms with van der Waals surface area (Å²) >= 11 is 0. The zero-order valence-corrected chi connectivity index (χ0v) is 14.2.